The van der Waals surface area contributed by atoms with Gasteiger partial charge in [-0.15, -0.1) is 0 Å². The van der Waals surface area contributed by atoms with Gasteiger partial charge in [0.1, 0.15) is 0 Å². The van der Waals surface area contributed by atoms with Crippen LogP contribution in [0.15, 0.2) is 0 Å². The Labute approximate surface area is 133 Å². The summed E-state index contributed by atoms with van der Waals surface area (Å²) in [6.45, 7) is 2.24. The topological polar surface area (TPSA) is 91.7 Å². The smallest absolute Gasteiger partial charge is 0.542 e. The van der Waals surface area contributed by atoms with Crippen LogP contribution in [0.4, 0.5) is 0 Å². The first-order valence-electron chi connectivity index (χ1n) is 5.96. The van der Waals surface area contributed by atoms with E-state index in [1.54, 1.807) is 0 Å². The zero-order valence-corrected chi connectivity index (χ0v) is 14.2. The molecule has 0 rings (SSSR count). The van der Waals surface area contributed by atoms with Crippen LogP contribution in [0, 0.1) is 0 Å². The van der Waals surface area contributed by atoms with E-state index in [-0.39, 0.29) is 29.6 Å². The molecule has 0 aliphatic heterocycles. The van der Waals surface area contributed by atoms with E-state index >= 15 is 0 Å². The van der Waals surface area contributed by atoms with Crippen molar-refractivity contribution in [1.29, 1.82) is 0 Å². The monoisotopic (exact) mass is 290 g/mol. The fourth-order valence-corrected chi connectivity index (χ4v) is 1.33. The van der Waals surface area contributed by atoms with Gasteiger partial charge in [-0.25, -0.2) is 0 Å². The quantitative estimate of drug-likeness (QED) is 0.269. The van der Waals surface area contributed by atoms with Gasteiger partial charge in [0, 0.05) is 0 Å². The average molecular weight is 290 g/mol. The maximum atomic E-state index is 9.85. The third kappa shape index (κ3) is 43.9. The van der Waals surface area contributed by atoms with Gasteiger partial charge >= 0.3 is 40.0 Å². The molecule has 0 bridgehead atoms. The molecule has 0 spiro atoms. The summed E-state index contributed by atoms with van der Waals surface area (Å²) in [6.07, 6.45) is 12.9. The van der Waals surface area contributed by atoms with Crippen LogP contribution in [0.25, 0.3) is 0 Å². The summed E-state index contributed by atoms with van der Waals surface area (Å²) >= 11 is 0. The van der Waals surface area contributed by atoms with Crippen molar-refractivity contribution in [1.82, 2.24) is 0 Å². The van der Waals surface area contributed by atoms with Gasteiger partial charge in [0.15, 0.2) is 0 Å². The summed E-state index contributed by atoms with van der Waals surface area (Å²) in [6, 6.07) is 0. The van der Waals surface area contributed by atoms with Gasteiger partial charge in [-0.05, 0) is 0 Å². The summed E-state index contributed by atoms with van der Waals surface area (Å²) in [5, 5.41) is 0. The van der Waals surface area contributed by atoms with Crippen molar-refractivity contribution < 1.29 is 51.9 Å². The Morgan fingerprint density at radius 2 is 1.22 bits per heavy atom. The predicted octanol–water partition coefficient (Wildman–Crippen LogP) is -0.0219. The van der Waals surface area contributed by atoms with Crippen molar-refractivity contribution in [2.24, 2.45) is 0 Å². The third-order valence-corrected chi connectivity index (χ3v) is 2.13. The van der Waals surface area contributed by atoms with E-state index in [0.717, 1.165) is 6.42 Å². The van der Waals surface area contributed by atoms with Gasteiger partial charge in [-0.1, -0.05) is 58.3 Å². The summed E-state index contributed by atoms with van der Waals surface area (Å²) in [7, 11) is -4.67. The Bertz CT molecular complexity index is 246. The molecule has 0 radical (unpaired) electrons. The second kappa shape index (κ2) is 17.5. The molecule has 0 unspecified atom stereocenters. The second-order valence-corrected chi connectivity index (χ2v) is 4.71. The van der Waals surface area contributed by atoms with Crippen LogP contribution in [0.2, 0.25) is 0 Å². The Kier molecular flexibility index (Phi) is 23.0. The maximum absolute atomic E-state index is 9.85. The first-order chi connectivity index (χ1) is 7.91. The van der Waals surface area contributed by atoms with E-state index in [9.17, 15) is 4.79 Å². The second-order valence-electron chi connectivity index (χ2n) is 3.82. The molecule has 7 heteroatoms. The molecule has 0 aromatic rings. The number of unbranched alkanes of at least 4 members (excludes halogenated alkanes) is 8. The molecule has 5 nitrogen and oxygen atoms in total. The van der Waals surface area contributed by atoms with Crippen LogP contribution in [-0.4, -0.2) is 23.8 Å². The SMILES string of the molecule is CCCCCCCCCC[C-]=O.O=S(=O)(O)O.[Na+]. The van der Waals surface area contributed by atoms with E-state index in [0.29, 0.717) is 6.42 Å². The van der Waals surface area contributed by atoms with Crippen molar-refractivity contribution in [3.05, 3.63) is 0 Å². The maximum Gasteiger partial charge on any atom is 1.00 e. The van der Waals surface area contributed by atoms with Crippen LogP contribution < -0.4 is 29.6 Å². The summed E-state index contributed by atoms with van der Waals surface area (Å²) in [5.74, 6) is 0. The molecule has 2 N–H and O–H groups in total. The van der Waals surface area contributed by atoms with Crippen LogP contribution >= 0.6 is 0 Å². The first-order valence-corrected chi connectivity index (χ1v) is 7.36. The third-order valence-electron chi connectivity index (χ3n) is 2.13. The largest absolute Gasteiger partial charge is 1.00 e. The molecular formula is C11H23NaO5S. The minimum atomic E-state index is -4.67. The van der Waals surface area contributed by atoms with E-state index in [2.05, 4.69) is 6.92 Å². The summed E-state index contributed by atoms with van der Waals surface area (Å²) < 4.78 is 31.6. The van der Waals surface area contributed by atoms with Gasteiger partial charge in [0.2, 0.25) is 0 Å². The Morgan fingerprint density at radius 3 is 1.56 bits per heavy atom. The van der Waals surface area contributed by atoms with Gasteiger partial charge in [-0.2, -0.15) is 14.8 Å². The average Bonchev–Trinajstić information content (AvgIpc) is 2.20. The summed E-state index contributed by atoms with van der Waals surface area (Å²) in [5.41, 5.74) is 0. The van der Waals surface area contributed by atoms with Crippen LogP contribution in [-0.2, 0) is 15.2 Å². The van der Waals surface area contributed by atoms with Crippen LogP contribution in [0.5, 0.6) is 0 Å². The number of carbonyl (C=O) groups excluding carboxylic acids is 1. The summed E-state index contributed by atoms with van der Waals surface area (Å²) in [4.78, 5) is 9.85. The number of hydrogen-bond donors (Lipinski definition) is 2. The minimum Gasteiger partial charge on any atom is -0.542 e. The van der Waals surface area contributed by atoms with Crippen LogP contribution in [0.3, 0.4) is 0 Å². The Hall–Kier alpha value is 0.540. The molecule has 0 heterocycles. The van der Waals surface area contributed by atoms with Crippen molar-refractivity contribution >= 4 is 16.7 Å². The first kappa shape index (κ1) is 23.6. The van der Waals surface area contributed by atoms with Crippen molar-refractivity contribution in [3.8, 4) is 0 Å². The fraction of sp³-hybridized carbons (Fsp3) is 0.909. The molecule has 0 aromatic heterocycles. The normalized spacial score (nSPS) is 9.94. The molecule has 0 aliphatic carbocycles. The molecule has 0 fully saturated rings. The van der Waals surface area contributed by atoms with Gasteiger partial charge in [-0.3, -0.25) is 15.4 Å². The molecule has 0 saturated carbocycles. The standard InChI is InChI=1S/C11H21O.Na.H2O4S/c1-2-3-4-5-6-7-8-9-10-11-12;;1-5(2,3)4/h2-10H2,1H3;;(H2,1,2,3,4)/q-1;+1;. The number of rotatable bonds is 9. The molecule has 0 saturated heterocycles. The zero-order valence-electron chi connectivity index (χ0n) is 11.4. The molecule has 0 atom stereocenters. The predicted molar refractivity (Wildman–Crippen MR) is 67.1 cm³/mol. The number of hydrogen-bond acceptors (Lipinski definition) is 3. The van der Waals surface area contributed by atoms with Gasteiger partial charge in [0.25, 0.3) is 0 Å². The molecule has 104 valence electrons. The van der Waals surface area contributed by atoms with E-state index < -0.39 is 10.4 Å². The fourth-order valence-electron chi connectivity index (χ4n) is 1.33. The molecule has 18 heavy (non-hydrogen) atoms. The molecule has 0 amide bonds. The van der Waals surface area contributed by atoms with Crippen LogP contribution in [0.1, 0.15) is 64.7 Å². The van der Waals surface area contributed by atoms with E-state index in [4.69, 9.17) is 17.5 Å². The molecule has 0 aromatic carbocycles. The Balaban J connectivity index is -0.000000321. The van der Waals surface area contributed by atoms with Gasteiger partial charge in [0.05, 0.1) is 0 Å². The molecular weight excluding hydrogens is 267 g/mol. The van der Waals surface area contributed by atoms with Crippen molar-refractivity contribution in [2.75, 3.05) is 0 Å². The van der Waals surface area contributed by atoms with Crippen molar-refractivity contribution in [2.45, 2.75) is 64.7 Å². The van der Waals surface area contributed by atoms with E-state index in [1.807, 2.05) is 6.29 Å². The zero-order chi connectivity index (χ0) is 13.6. The van der Waals surface area contributed by atoms with Crippen molar-refractivity contribution in [3.63, 3.8) is 0 Å². The van der Waals surface area contributed by atoms with Gasteiger partial charge < -0.3 is 4.79 Å². The van der Waals surface area contributed by atoms with E-state index in [1.165, 1.54) is 44.9 Å². The minimum absolute atomic E-state index is 0. The Morgan fingerprint density at radius 1 is 0.889 bits per heavy atom. The molecule has 0 aliphatic rings.